The summed E-state index contributed by atoms with van der Waals surface area (Å²) in [5.74, 6) is 0.712. The van der Waals surface area contributed by atoms with E-state index in [0.29, 0.717) is 5.95 Å². The van der Waals surface area contributed by atoms with E-state index in [9.17, 15) is 0 Å². The minimum Gasteiger partial charge on any atom is -0.340 e. The van der Waals surface area contributed by atoms with Gasteiger partial charge in [-0.15, -0.1) is 0 Å². The number of nitrogens with zero attached hydrogens (tertiary/aromatic N) is 3. The van der Waals surface area contributed by atoms with Crippen LogP contribution in [-0.4, -0.2) is 17.0 Å². The monoisotopic (exact) mass is 355 g/mol. The van der Waals surface area contributed by atoms with Gasteiger partial charge in [0.1, 0.15) is 0 Å². The summed E-state index contributed by atoms with van der Waals surface area (Å²) in [5, 5.41) is 0. The Morgan fingerprint density at radius 1 is 1.12 bits per heavy atom. The average molecular weight is 357 g/mol. The summed E-state index contributed by atoms with van der Waals surface area (Å²) in [6.45, 7) is 0.767. The van der Waals surface area contributed by atoms with Crippen molar-refractivity contribution in [3.63, 3.8) is 0 Å². The summed E-state index contributed by atoms with van der Waals surface area (Å²) >= 11 is 6.86. The molecule has 2 rings (SSSR count). The summed E-state index contributed by atoms with van der Waals surface area (Å²) in [6, 6.07) is 8.14. The van der Waals surface area contributed by atoms with E-state index in [0.717, 1.165) is 15.5 Å². The molecule has 3 nitrogen and oxygen atoms in total. The average Bonchev–Trinajstić information content (AvgIpc) is 2.33. The van der Waals surface area contributed by atoms with Crippen molar-refractivity contribution in [3.05, 3.63) is 51.2 Å². The van der Waals surface area contributed by atoms with Gasteiger partial charge in [-0.3, -0.25) is 0 Å². The topological polar surface area (TPSA) is 29.0 Å². The van der Waals surface area contributed by atoms with E-state index in [4.69, 9.17) is 0 Å². The molecule has 1 aromatic carbocycles. The molecule has 2 aromatic rings. The quantitative estimate of drug-likeness (QED) is 0.840. The summed E-state index contributed by atoms with van der Waals surface area (Å²) in [4.78, 5) is 10.5. The molecule has 1 aromatic heterocycles. The maximum absolute atomic E-state index is 4.26. The first kappa shape index (κ1) is 12.5. The normalized spacial score (nSPS) is 10.3. The second kappa shape index (κ2) is 5.60. The third kappa shape index (κ3) is 3.26. The van der Waals surface area contributed by atoms with Crippen LogP contribution in [0.15, 0.2) is 45.6 Å². The minimum absolute atomic E-state index is 0.712. The molecule has 0 aliphatic heterocycles. The smallest absolute Gasteiger partial charge is 0.225 e. The molecule has 0 aliphatic rings. The first-order valence-electron chi connectivity index (χ1n) is 5.09. The van der Waals surface area contributed by atoms with Crippen LogP contribution in [0, 0.1) is 0 Å². The van der Waals surface area contributed by atoms with Crippen LogP contribution in [0.5, 0.6) is 0 Å². The van der Waals surface area contributed by atoms with Crippen LogP contribution >= 0.6 is 31.9 Å². The lowest BCUT2D eigenvalue weighted by molar-refractivity contribution is 0.862. The van der Waals surface area contributed by atoms with E-state index < -0.39 is 0 Å². The Bertz CT molecular complexity index is 499. The van der Waals surface area contributed by atoms with Crippen LogP contribution in [-0.2, 0) is 6.54 Å². The van der Waals surface area contributed by atoms with E-state index in [-0.39, 0.29) is 0 Å². The summed E-state index contributed by atoms with van der Waals surface area (Å²) in [6.07, 6.45) is 3.50. The molecule has 0 radical (unpaired) electrons. The van der Waals surface area contributed by atoms with Crippen LogP contribution < -0.4 is 4.90 Å². The number of rotatable bonds is 3. The zero-order valence-electron chi connectivity index (χ0n) is 9.27. The van der Waals surface area contributed by atoms with Gasteiger partial charge in [0.25, 0.3) is 0 Å². The highest BCUT2D eigenvalue weighted by molar-refractivity contribution is 9.10. The van der Waals surface area contributed by atoms with Gasteiger partial charge in [0.2, 0.25) is 5.95 Å². The van der Waals surface area contributed by atoms with E-state index in [1.165, 1.54) is 5.56 Å². The third-order valence-corrected chi connectivity index (χ3v) is 3.50. The Labute approximate surface area is 117 Å². The Kier molecular flexibility index (Phi) is 4.12. The van der Waals surface area contributed by atoms with Crippen molar-refractivity contribution in [1.82, 2.24) is 9.97 Å². The fourth-order valence-corrected chi connectivity index (χ4v) is 2.07. The van der Waals surface area contributed by atoms with E-state index in [1.807, 2.05) is 30.1 Å². The summed E-state index contributed by atoms with van der Waals surface area (Å²) < 4.78 is 1.99. The summed E-state index contributed by atoms with van der Waals surface area (Å²) in [5.41, 5.74) is 1.21. The molecule has 88 valence electrons. The molecule has 0 unspecified atom stereocenters. The third-order valence-electron chi connectivity index (χ3n) is 2.31. The SMILES string of the molecule is CN(Cc1ccccc1Br)c1ncc(Br)cn1. The van der Waals surface area contributed by atoms with Gasteiger partial charge in [-0.05, 0) is 27.6 Å². The van der Waals surface area contributed by atoms with Gasteiger partial charge in [0.05, 0.1) is 4.47 Å². The molecule has 17 heavy (non-hydrogen) atoms. The standard InChI is InChI=1S/C12H11Br2N3/c1-17(12-15-6-10(13)7-16-12)8-9-4-2-3-5-11(9)14/h2-7H,8H2,1H3. The Morgan fingerprint density at radius 2 is 1.76 bits per heavy atom. The van der Waals surface area contributed by atoms with Gasteiger partial charge in [-0.2, -0.15) is 0 Å². The maximum Gasteiger partial charge on any atom is 0.225 e. The van der Waals surface area contributed by atoms with Crippen molar-refractivity contribution in [2.45, 2.75) is 6.54 Å². The number of aromatic nitrogens is 2. The molecule has 0 spiro atoms. The first-order valence-corrected chi connectivity index (χ1v) is 6.67. The lowest BCUT2D eigenvalue weighted by Crippen LogP contribution is -2.19. The lowest BCUT2D eigenvalue weighted by Gasteiger charge is -2.17. The van der Waals surface area contributed by atoms with E-state index in [1.54, 1.807) is 12.4 Å². The fourth-order valence-electron chi connectivity index (χ4n) is 1.46. The zero-order valence-corrected chi connectivity index (χ0v) is 12.4. The van der Waals surface area contributed by atoms with Crippen LogP contribution in [0.1, 0.15) is 5.56 Å². The second-order valence-electron chi connectivity index (χ2n) is 3.65. The van der Waals surface area contributed by atoms with Crippen LogP contribution in [0.2, 0.25) is 0 Å². The minimum atomic E-state index is 0.712. The van der Waals surface area contributed by atoms with Crippen molar-refractivity contribution in [1.29, 1.82) is 0 Å². The first-order chi connectivity index (χ1) is 8.16. The zero-order chi connectivity index (χ0) is 12.3. The molecule has 5 heteroatoms. The Morgan fingerprint density at radius 3 is 2.41 bits per heavy atom. The molecule has 0 fully saturated rings. The van der Waals surface area contributed by atoms with Gasteiger partial charge in [0, 0.05) is 30.5 Å². The molecule has 0 amide bonds. The molecule has 0 atom stereocenters. The molecule has 0 saturated heterocycles. The highest BCUT2D eigenvalue weighted by Crippen LogP contribution is 2.19. The number of benzene rings is 1. The van der Waals surface area contributed by atoms with Gasteiger partial charge in [0.15, 0.2) is 0 Å². The predicted octanol–water partition coefficient (Wildman–Crippen LogP) is 3.64. The Balaban J connectivity index is 2.14. The number of anilines is 1. The second-order valence-corrected chi connectivity index (χ2v) is 5.42. The van der Waals surface area contributed by atoms with Gasteiger partial charge in [-0.25, -0.2) is 9.97 Å². The van der Waals surface area contributed by atoms with Gasteiger partial charge < -0.3 is 4.90 Å². The van der Waals surface area contributed by atoms with Gasteiger partial charge >= 0.3 is 0 Å². The maximum atomic E-state index is 4.26. The van der Waals surface area contributed by atoms with Crippen LogP contribution in [0.3, 0.4) is 0 Å². The molecule has 0 bridgehead atoms. The highest BCUT2D eigenvalue weighted by atomic mass is 79.9. The van der Waals surface area contributed by atoms with Crippen molar-refractivity contribution in [2.75, 3.05) is 11.9 Å². The van der Waals surface area contributed by atoms with Crippen molar-refractivity contribution in [3.8, 4) is 0 Å². The Hall–Kier alpha value is -0.940. The number of halogens is 2. The summed E-state index contributed by atoms with van der Waals surface area (Å²) in [7, 11) is 1.97. The predicted molar refractivity (Wildman–Crippen MR) is 76.0 cm³/mol. The lowest BCUT2D eigenvalue weighted by atomic mass is 10.2. The van der Waals surface area contributed by atoms with Crippen molar-refractivity contribution in [2.24, 2.45) is 0 Å². The van der Waals surface area contributed by atoms with Crippen molar-refractivity contribution >= 4 is 37.8 Å². The van der Waals surface area contributed by atoms with Crippen LogP contribution in [0.4, 0.5) is 5.95 Å². The van der Waals surface area contributed by atoms with Gasteiger partial charge in [-0.1, -0.05) is 34.1 Å². The largest absolute Gasteiger partial charge is 0.340 e. The molecule has 0 N–H and O–H groups in total. The molecular weight excluding hydrogens is 346 g/mol. The van der Waals surface area contributed by atoms with E-state index >= 15 is 0 Å². The number of hydrogen-bond donors (Lipinski definition) is 0. The van der Waals surface area contributed by atoms with Crippen LogP contribution in [0.25, 0.3) is 0 Å². The van der Waals surface area contributed by atoms with Crippen molar-refractivity contribution < 1.29 is 0 Å². The van der Waals surface area contributed by atoms with E-state index in [2.05, 4.69) is 47.9 Å². The highest BCUT2D eigenvalue weighted by Gasteiger charge is 2.06. The molecule has 0 aliphatic carbocycles. The number of hydrogen-bond acceptors (Lipinski definition) is 3. The molecule has 0 saturated carbocycles. The molecular formula is C12H11Br2N3. The fraction of sp³-hybridized carbons (Fsp3) is 0.167. The molecule has 1 heterocycles.